The molecule has 3 rings (SSSR count). The van der Waals surface area contributed by atoms with Crippen LogP contribution in [-0.2, 0) is 16.0 Å². The Kier molecular flexibility index (Phi) is 5.57. The molecular formula is C20H19ClFNO3. The molecule has 1 amide bonds. The molecule has 0 aromatic heterocycles. The quantitative estimate of drug-likeness (QED) is 0.866. The first-order valence-corrected chi connectivity index (χ1v) is 8.82. The second-order valence-electron chi connectivity index (χ2n) is 6.53. The summed E-state index contributed by atoms with van der Waals surface area (Å²) in [6.45, 7) is 0.430. The molecule has 2 aromatic carbocycles. The number of aryl methyl sites for hydroxylation is 1. The summed E-state index contributed by atoms with van der Waals surface area (Å²) in [6, 6.07) is 13.3. The van der Waals surface area contributed by atoms with Crippen molar-refractivity contribution in [3.05, 3.63) is 70.5 Å². The van der Waals surface area contributed by atoms with E-state index in [1.807, 2.05) is 18.2 Å². The van der Waals surface area contributed by atoms with E-state index in [0.29, 0.717) is 17.0 Å². The summed E-state index contributed by atoms with van der Waals surface area (Å²) in [7, 11) is 0. The van der Waals surface area contributed by atoms with Gasteiger partial charge in [-0.2, -0.15) is 0 Å². The molecular weight excluding hydrogens is 357 g/mol. The fourth-order valence-corrected chi connectivity index (χ4v) is 3.65. The topological polar surface area (TPSA) is 57.6 Å². The maximum absolute atomic E-state index is 13.5. The predicted molar refractivity (Wildman–Crippen MR) is 96.6 cm³/mol. The lowest BCUT2D eigenvalue weighted by Gasteiger charge is -2.16. The number of hydrogen-bond donors (Lipinski definition) is 1. The van der Waals surface area contributed by atoms with Gasteiger partial charge in [0.05, 0.1) is 5.92 Å². The molecule has 1 heterocycles. The van der Waals surface area contributed by atoms with Crippen LogP contribution in [0.1, 0.15) is 23.5 Å². The molecule has 4 nitrogen and oxygen atoms in total. The Labute approximate surface area is 156 Å². The molecule has 0 aliphatic carbocycles. The molecule has 2 atom stereocenters. The van der Waals surface area contributed by atoms with Crippen LogP contribution in [-0.4, -0.2) is 35.0 Å². The lowest BCUT2D eigenvalue weighted by atomic mass is 9.89. The van der Waals surface area contributed by atoms with E-state index in [1.54, 1.807) is 23.1 Å². The monoisotopic (exact) mass is 375 g/mol. The van der Waals surface area contributed by atoms with Crippen molar-refractivity contribution in [3.8, 4) is 0 Å². The summed E-state index contributed by atoms with van der Waals surface area (Å²) in [4.78, 5) is 25.7. The van der Waals surface area contributed by atoms with E-state index in [0.717, 1.165) is 5.56 Å². The second-order valence-corrected chi connectivity index (χ2v) is 6.97. The van der Waals surface area contributed by atoms with Crippen molar-refractivity contribution in [2.45, 2.75) is 18.8 Å². The highest BCUT2D eigenvalue weighted by atomic mass is 35.5. The van der Waals surface area contributed by atoms with Crippen LogP contribution in [0.15, 0.2) is 48.5 Å². The molecule has 0 saturated carbocycles. The minimum atomic E-state index is -0.968. The second kappa shape index (κ2) is 7.87. The minimum Gasteiger partial charge on any atom is -0.481 e. The first-order chi connectivity index (χ1) is 12.4. The zero-order valence-corrected chi connectivity index (χ0v) is 14.8. The van der Waals surface area contributed by atoms with E-state index in [2.05, 4.69) is 0 Å². The van der Waals surface area contributed by atoms with E-state index in [-0.39, 0.29) is 25.4 Å². The van der Waals surface area contributed by atoms with Crippen LogP contribution in [0, 0.1) is 11.7 Å². The smallest absolute Gasteiger partial charge is 0.308 e. The third-order valence-corrected chi connectivity index (χ3v) is 5.02. The summed E-state index contributed by atoms with van der Waals surface area (Å²) in [5.41, 5.74) is 1.57. The van der Waals surface area contributed by atoms with Crippen LogP contribution in [0.3, 0.4) is 0 Å². The molecule has 6 heteroatoms. The Balaban J connectivity index is 1.69. The molecule has 1 aliphatic rings. The van der Waals surface area contributed by atoms with E-state index in [9.17, 15) is 19.1 Å². The van der Waals surface area contributed by atoms with Gasteiger partial charge in [-0.3, -0.25) is 9.59 Å². The lowest BCUT2D eigenvalue weighted by Crippen LogP contribution is -2.30. The average molecular weight is 376 g/mol. The van der Waals surface area contributed by atoms with Gasteiger partial charge in [-0.1, -0.05) is 35.9 Å². The Morgan fingerprint density at radius 1 is 1.15 bits per heavy atom. The van der Waals surface area contributed by atoms with E-state index in [4.69, 9.17) is 11.6 Å². The van der Waals surface area contributed by atoms with Crippen molar-refractivity contribution in [2.75, 3.05) is 13.1 Å². The van der Waals surface area contributed by atoms with Crippen LogP contribution < -0.4 is 0 Å². The van der Waals surface area contributed by atoms with Crippen molar-refractivity contribution in [1.29, 1.82) is 0 Å². The van der Waals surface area contributed by atoms with Crippen LogP contribution in [0.4, 0.5) is 4.39 Å². The molecule has 136 valence electrons. The molecule has 1 N–H and O–H groups in total. The molecule has 0 spiro atoms. The summed E-state index contributed by atoms with van der Waals surface area (Å²) in [6.07, 6.45) is 0.820. The van der Waals surface area contributed by atoms with Gasteiger partial charge in [-0.25, -0.2) is 4.39 Å². The maximum Gasteiger partial charge on any atom is 0.308 e. The number of amides is 1. The molecule has 0 unspecified atom stereocenters. The number of carboxylic acid groups (broad SMARTS) is 1. The number of halogens is 2. The van der Waals surface area contributed by atoms with E-state index < -0.39 is 23.6 Å². The number of aliphatic carboxylic acids is 1. The van der Waals surface area contributed by atoms with Gasteiger partial charge in [0.25, 0.3) is 0 Å². The van der Waals surface area contributed by atoms with Crippen molar-refractivity contribution >= 4 is 23.5 Å². The Morgan fingerprint density at radius 2 is 1.92 bits per heavy atom. The first-order valence-electron chi connectivity index (χ1n) is 8.44. The Morgan fingerprint density at radius 3 is 2.62 bits per heavy atom. The van der Waals surface area contributed by atoms with Gasteiger partial charge in [0.2, 0.25) is 5.91 Å². The lowest BCUT2D eigenvalue weighted by molar-refractivity contribution is -0.141. The number of hydrogen-bond acceptors (Lipinski definition) is 2. The fraction of sp³-hybridized carbons (Fsp3) is 0.300. The number of carboxylic acids is 1. The van der Waals surface area contributed by atoms with Crippen LogP contribution in [0.2, 0.25) is 5.02 Å². The highest BCUT2D eigenvalue weighted by Gasteiger charge is 2.40. The summed E-state index contributed by atoms with van der Waals surface area (Å²) < 4.78 is 13.5. The average Bonchev–Trinajstić information content (AvgIpc) is 3.05. The molecule has 0 radical (unpaired) electrons. The normalized spacial score (nSPS) is 19.5. The predicted octanol–water partition coefficient (Wildman–Crippen LogP) is 3.74. The largest absolute Gasteiger partial charge is 0.481 e. The van der Waals surface area contributed by atoms with Crippen molar-refractivity contribution < 1.29 is 19.1 Å². The van der Waals surface area contributed by atoms with Gasteiger partial charge in [0.15, 0.2) is 0 Å². The number of carbonyl (C=O) groups excluding carboxylic acids is 1. The van der Waals surface area contributed by atoms with E-state index in [1.165, 1.54) is 12.1 Å². The Hall–Kier alpha value is -2.40. The molecule has 1 saturated heterocycles. The van der Waals surface area contributed by atoms with Gasteiger partial charge >= 0.3 is 5.97 Å². The SMILES string of the molecule is O=C(O)[C@@H]1CN(C(=O)CCc2cccc(Cl)c2)C[C@H]1c1cccc(F)c1. The number of nitrogens with zero attached hydrogens (tertiary/aromatic N) is 1. The van der Waals surface area contributed by atoms with Gasteiger partial charge in [-0.05, 0) is 41.8 Å². The van der Waals surface area contributed by atoms with Crippen molar-refractivity contribution in [1.82, 2.24) is 4.90 Å². The van der Waals surface area contributed by atoms with Crippen LogP contribution in [0.25, 0.3) is 0 Å². The van der Waals surface area contributed by atoms with E-state index >= 15 is 0 Å². The van der Waals surface area contributed by atoms with Crippen molar-refractivity contribution in [2.24, 2.45) is 5.92 Å². The third kappa shape index (κ3) is 4.22. The van der Waals surface area contributed by atoms with Crippen LogP contribution in [0.5, 0.6) is 0 Å². The highest BCUT2D eigenvalue weighted by molar-refractivity contribution is 6.30. The molecule has 0 bridgehead atoms. The number of benzene rings is 2. The summed E-state index contributed by atoms with van der Waals surface area (Å²) in [5, 5.41) is 10.1. The number of carbonyl (C=O) groups is 2. The third-order valence-electron chi connectivity index (χ3n) is 4.78. The van der Waals surface area contributed by atoms with Gasteiger partial charge in [-0.15, -0.1) is 0 Å². The number of rotatable bonds is 5. The summed E-state index contributed by atoms with van der Waals surface area (Å²) in [5.74, 6) is -2.61. The zero-order chi connectivity index (χ0) is 18.7. The molecule has 1 fully saturated rings. The maximum atomic E-state index is 13.5. The van der Waals surface area contributed by atoms with Gasteiger partial charge in [0.1, 0.15) is 5.82 Å². The minimum absolute atomic E-state index is 0.102. The molecule has 1 aliphatic heterocycles. The zero-order valence-electron chi connectivity index (χ0n) is 14.1. The Bertz CT molecular complexity index is 826. The van der Waals surface area contributed by atoms with Crippen LogP contribution >= 0.6 is 11.6 Å². The van der Waals surface area contributed by atoms with Crippen molar-refractivity contribution in [3.63, 3.8) is 0 Å². The van der Waals surface area contributed by atoms with Gasteiger partial charge < -0.3 is 10.0 Å². The highest BCUT2D eigenvalue weighted by Crippen LogP contribution is 2.33. The summed E-state index contributed by atoms with van der Waals surface area (Å²) >= 11 is 5.95. The number of likely N-dealkylation sites (tertiary alicyclic amines) is 1. The molecule has 2 aromatic rings. The fourth-order valence-electron chi connectivity index (χ4n) is 3.43. The standard InChI is InChI=1S/C20H19ClFNO3/c21-15-5-1-3-13(9-15)7-8-19(24)23-11-17(18(12-23)20(25)26)14-4-2-6-16(22)10-14/h1-6,9-10,17-18H,7-8,11-12H2,(H,25,26)/t17-,18+/m0/s1. The molecule has 26 heavy (non-hydrogen) atoms. The van der Waals surface area contributed by atoms with Gasteiger partial charge in [0, 0.05) is 30.5 Å². The first kappa shape index (κ1) is 18.4.